The molecule has 2 heterocycles. The second kappa shape index (κ2) is 7.58. The predicted molar refractivity (Wildman–Crippen MR) is 79.4 cm³/mol. The molecule has 0 aliphatic carbocycles. The van der Waals surface area contributed by atoms with Gasteiger partial charge in [-0.05, 0) is 58.8 Å². The van der Waals surface area contributed by atoms with Crippen LogP contribution in [0.4, 0.5) is 0 Å². The second-order valence-corrected chi connectivity index (χ2v) is 6.26. The van der Waals surface area contributed by atoms with Gasteiger partial charge in [0.05, 0.1) is 6.61 Å². The highest BCUT2D eigenvalue weighted by molar-refractivity contribution is 4.91. The van der Waals surface area contributed by atoms with Gasteiger partial charge in [-0.25, -0.2) is 0 Å². The van der Waals surface area contributed by atoms with Crippen LogP contribution in [0, 0.1) is 0 Å². The van der Waals surface area contributed by atoms with E-state index in [0.717, 1.165) is 38.0 Å². The van der Waals surface area contributed by atoms with Crippen LogP contribution in [-0.2, 0) is 0 Å². The molecule has 0 aromatic heterocycles. The normalized spacial score (nSPS) is 30.5. The highest BCUT2D eigenvalue weighted by Crippen LogP contribution is 2.28. The fraction of sp³-hybridized carbons (Fsp3) is 1.00. The van der Waals surface area contributed by atoms with E-state index in [2.05, 4.69) is 29.1 Å². The van der Waals surface area contributed by atoms with E-state index < -0.39 is 0 Å². The lowest BCUT2D eigenvalue weighted by Crippen LogP contribution is -2.40. The quantitative estimate of drug-likeness (QED) is 0.720. The predicted octanol–water partition coefficient (Wildman–Crippen LogP) is 0.906. The van der Waals surface area contributed by atoms with E-state index in [9.17, 15) is 5.11 Å². The maximum Gasteiger partial charge on any atom is 0.0585 e. The van der Waals surface area contributed by atoms with Crippen LogP contribution in [0.1, 0.15) is 39.0 Å². The van der Waals surface area contributed by atoms with Gasteiger partial charge in [-0.3, -0.25) is 4.90 Å². The molecule has 2 aliphatic rings. The van der Waals surface area contributed by atoms with Crippen LogP contribution >= 0.6 is 0 Å². The van der Waals surface area contributed by atoms with Gasteiger partial charge in [0.2, 0.25) is 0 Å². The third-order valence-corrected chi connectivity index (χ3v) is 4.93. The molecule has 2 fully saturated rings. The molecule has 19 heavy (non-hydrogen) atoms. The zero-order valence-corrected chi connectivity index (χ0v) is 12.6. The van der Waals surface area contributed by atoms with Crippen molar-refractivity contribution in [2.24, 2.45) is 0 Å². The average molecular weight is 269 g/mol. The average Bonchev–Trinajstić information content (AvgIpc) is 2.66. The Labute approximate surface area is 118 Å². The van der Waals surface area contributed by atoms with Gasteiger partial charge in [0.15, 0.2) is 0 Å². The molecule has 0 amide bonds. The van der Waals surface area contributed by atoms with Crippen molar-refractivity contribution >= 4 is 0 Å². The summed E-state index contributed by atoms with van der Waals surface area (Å²) in [5, 5.41) is 12.8. The van der Waals surface area contributed by atoms with Crippen molar-refractivity contribution in [1.29, 1.82) is 0 Å². The van der Waals surface area contributed by atoms with Crippen molar-refractivity contribution in [3.63, 3.8) is 0 Å². The lowest BCUT2D eigenvalue weighted by atomic mass is 10.1. The Bertz CT molecular complexity index is 262. The largest absolute Gasteiger partial charge is 0.395 e. The van der Waals surface area contributed by atoms with E-state index in [1.807, 2.05) is 0 Å². The van der Waals surface area contributed by atoms with E-state index in [0.29, 0.717) is 0 Å². The van der Waals surface area contributed by atoms with Crippen LogP contribution in [0.25, 0.3) is 0 Å². The van der Waals surface area contributed by atoms with Crippen LogP contribution in [-0.4, -0.2) is 72.9 Å². The molecule has 4 nitrogen and oxygen atoms in total. The number of hydrogen-bond donors (Lipinski definition) is 2. The summed E-state index contributed by atoms with van der Waals surface area (Å²) in [5.41, 5.74) is 0. The molecule has 2 saturated heterocycles. The number of aliphatic hydroxyl groups excluding tert-OH is 1. The molecular formula is C15H31N3O. The Morgan fingerprint density at radius 2 is 2.05 bits per heavy atom. The summed E-state index contributed by atoms with van der Waals surface area (Å²) in [6.45, 7) is 7.02. The number of rotatable bonds is 7. The van der Waals surface area contributed by atoms with E-state index in [4.69, 9.17) is 0 Å². The number of likely N-dealkylation sites (tertiary alicyclic amines) is 1. The molecule has 2 rings (SSSR count). The highest BCUT2D eigenvalue weighted by atomic mass is 16.3. The van der Waals surface area contributed by atoms with Gasteiger partial charge in [0, 0.05) is 24.7 Å². The summed E-state index contributed by atoms with van der Waals surface area (Å²) in [6, 6.07) is 1.86. The standard InChI is InChI=1S/C15H31N3O/c1-3-8-16-13(12-19)6-9-18-10-7-14-4-5-15(11-18)17(14)2/h13-16,19H,3-12H2,1-2H3. The molecule has 112 valence electrons. The maximum absolute atomic E-state index is 9.40. The van der Waals surface area contributed by atoms with Gasteiger partial charge in [-0.2, -0.15) is 0 Å². The van der Waals surface area contributed by atoms with Crippen LogP contribution in [0.2, 0.25) is 0 Å². The Hall–Kier alpha value is -0.160. The minimum Gasteiger partial charge on any atom is -0.395 e. The first-order valence-corrected chi connectivity index (χ1v) is 8.03. The van der Waals surface area contributed by atoms with Crippen molar-refractivity contribution in [3.8, 4) is 0 Å². The Balaban J connectivity index is 1.73. The van der Waals surface area contributed by atoms with Crippen LogP contribution in [0.3, 0.4) is 0 Å². The fourth-order valence-electron chi connectivity index (χ4n) is 3.53. The van der Waals surface area contributed by atoms with Gasteiger partial charge in [-0.1, -0.05) is 6.92 Å². The third kappa shape index (κ3) is 4.15. The van der Waals surface area contributed by atoms with Gasteiger partial charge in [0.25, 0.3) is 0 Å². The van der Waals surface area contributed by atoms with E-state index in [-0.39, 0.29) is 12.6 Å². The smallest absolute Gasteiger partial charge is 0.0585 e. The lowest BCUT2D eigenvalue weighted by Gasteiger charge is -2.27. The summed E-state index contributed by atoms with van der Waals surface area (Å²) in [6.07, 6.45) is 6.28. The van der Waals surface area contributed by atoms with Crippen LogP contribution in [0.5, 0.6) is 0 Å². The SMILES string of the molecule is CCCNC(CO)CCN1CCC2CCC(C1)N2C. The second-order valence-electron chi connectivity index (χ2n) is 6.26. The van der Waals surface area contributed by atoms with Crippen molar-refractivity contribution < 1.29 is 5.11 Å². The molecule has 0 aromatic rings. The number of nitrogens with zero attached hydrogens (tertiary/aromatic N) is 2. The zero-order chi connectivity index (χ0) is 13.7. The van der Waals surface area contributed by atoms with Crippen LogP contribution < -0.4 is 5.32 Å². The topological polar surface area (TPSA) is 38.7 Å². The molecule has 2 N–H and O–H groups in total. The molecule has 0 radical (unpaired) electrons. The highest BCUT2D eigenvalue weighted by Gasteiger charge is 2.34. The zero-order valence-electron chi connectivity index (χ0n) is 12.6. The first kappa shape index (κ1) is 15.2. The van der Waals surface area contributed by atoms with Crippen molar-refractivity contribution in [2.75, 3.05) is 39.8 Å². The van der Waals surface area contributed by atoms with Crippen molar-refractivity contribution in [3.05, 3.63) is 0 Å². The molecule has 3 unspecified atom stereocenters. The number of fused-ring (bicyclic) bond motifs is 2. The minimum atomic E-state index is 0.264. The molecule has 4 heteroatoms. The van der Waals surface area contributed by atoms with Crippen LogP contribution in [0.15, 0.2) is 0 Å². The molecule has 2 bridgehead atoms. The summed E-state index contributed by atoms with van der Waals surface area (Å²) in [7, 11) is 2.30. The number of aliphatic hydroxyl groups is 1. The molecular weight excluding hydrogens is 238 g/mol. The van der Waals surface area contributed by atoms with Crippen molar-refractivity contribution in [1.82, 2.24) is 15.1 Å². The van der Waals surface area contributed by atoms with E-state index in [1.54, 1.807) is 0 Å². The summed E-state index contributed by atoms with van der Waals surface area (Å²) in [5.74, 6) is 0. The number of hydrogen-bond acceptors (Lipinski definition) is 4. The minimum absolute atomic E-state index is 0.264. The molecule has 0 aromatic carbocycles. The van der Waals surface area contributed by atoms with E-state index in [1.165, 1.54) is 32.4 Å². The Morgan fingerprint density at radius 1 is 1.26 bits per heavy atom. The van der Waals surface area contributed by atoms with Gasteiger partial charge < -0.3 is 15.3 Å². The van der Waals surface area contributed by atoms with Gasteiger partial charge >= 0.3 is 0 Å². The summed E-state index contributed by atoms with van der Waals surface area (Å²) < 4.78 is 0. The maximum atomic E-state index is 9.40. The summed E-state index contributed by atoms with van der Waals surface area (Å²) in [4.78, 5) is 5.20. The van der Waals surface area contributed by atoms with Gasteiger partial charge in [0.1, 0.15) is 0 Å². The first-order chi connectivity index (χ1) is 9.24. The van der Waals surface area contributed by atoms with Gasteiger partial charge in [-0.15, -0.1) is 0 Å². The summed E-state index contributed by atoms with van der Waals surface area (Å²) >= 11 is 0. The fourth-order valence-corrected chi connectivity index (χ4v) is 3.53. The van der Waals surface area contributed by atoms with E-state index >= 15 is 0 Å². The first-order valence-electron chi connectivity index (χ1n) is 8.03. The monoisotopic (exact) mass is 269 g/mol. The molecule has 3 atom stereocenters. The lowest BCUT2D eigenvalue weighted by molar-refractivity contribution is 0.191. The Morgan fingerprint density at radius 3 is 2.79 bits per heavy atom. The van der Waals surface area contributed by atoms with Crippen molar-refractivity contribution in [2.45, 2.75) is 57.2 Å². The number of nitrogens with one attached hydrogen (secondary N) is 1. The molecule has 0 spiro atoms. The molecule has 0 saturated carbocycles. The Kier molecular flexibility index (Phi) is 6.07. The molecule has 2 aliphatic heterocycles. The third-order valence-electron chi connectivity index (χ3n) is 4.93. The number of likely N-dealkylation sites (N-methyl/N-ethyl adjacent to an activating group) is 1.